The van der Waals surface area contributed by atoms with Gasteiger partial charge in [0.15, 0.2) is 0 Å². The SMILES string of the molecule is COO.N#Cc1ccc2c(c1)Sc1ccccc1C2=C1CC2CCC(C1)N2.N#Cc1ccc2c(c1)Sc1ccccc1C2=C1CC2CCC(C1)N2C(=O)C(F)(F)F.O=CO[O-].[H-].[K+].[K+]. The van der Waals surface area contributed by atoms with E-state index in [0.29, 0.717) is 43.3 Å². The molecule has 1 amide bonds. The molecule has 0 aromatic heterocycles. The number of nitriles is 2. The Kier molecular flexibility index (Phi) is 19.4. The topological polar surface area (TPSA) is 159 Å². The van der Waals surface area contributed by atoms with Crippen LogP contribution in [0.2, 0.25) is 0 Å². The van der Waals surface area contributed by atoms with E-state index < -0.39 is 24.2 Å². The van der Waals surface area contributed by atoms with Crippen molar-refractivity contribution in [1.29, 1.82) is 10.5 Å². The molecule has 4 aromatic carbocycles. The zero-order valence-electron chi connectivity index (χ0n) is 35.9. The van der Waals surface area contributed by atoms with Crippen LogP contribution in [0.25, 0.3) is 11.1 Å². The molecule has 63 heavy (non-hydrogen) atoms. The van der Waals surface area contributed by atoms with Gasteiger partial charge in [0.05, 0.1) is 30.4 Å². The van der Waals surface area contributed by atoms with Crippen molar-refractivity contribution in [2.75, 3.05) is 7.11 Å². The van der Waals surface area contributed by atoms with E-state index in [1.165, 1.54) is 46.4 Å². The molecule has 0 radical (unpaired) electrons. The molecule has 6 heterocycles. The molecular formula is C46H41F3K2N4O6S2. The quantitative estimate of drug-likeness (QED) is 0.108. The minimum atomic E-state index is -4.83. The second-order valence-electron chi connectivity index (χ2n) is 15.2. The molecule has 10 nitrogen and oxygen atoms in total. The molecule has 17 heteroatoms. The zero-order valence-corrected chi connectivity index (χ0v) is 42.8. The van der Waals surface area contributed by atoms with Gasteiger partial charge in [-0.25, -0.2) is 4.89 Å². The maximum Gasteiger partial charge on any atom is 1.00 e. The van der Waals surface area contributed by atoms with E-state index in [1.54, 1.807) is 35.2 Å². The van der Waals surface area contributed by atoms with Gasteiger partial charge >= 0.3 is 115 Å². The molecule has 0 aliphatic carbocycles. The second kappa shape index (κ2) is 23.6. The molecule has 4 atom stereocenters. The number of hydrogen-bond acceptors (Lipinski definition) is 11. The van der Waals surface area contributed by atoms with Crippen molar-refractivity contribution in [2.45, 2.75) is 101 Å². The monoisotopic (exact) mass is 944 g/mol. The van der Waals surface area contributed by atoms with Crippen LogP contribution >= 0.6 is 23.5 Å². The van der Waals surface area contributed by atoms with Crippen molar-refractivity contribution in [3.8, 4) is 12.1 Å². The van der Waals surface area contributed by atoms with Crippen LogP contribution < -0.4 is 113 Å². The van der Waals surface area contributed by atoms with E-state index in [-0.39, 0.29) is 111 Å². The number of carbonyl (C=O) groups excluding carboxylic acids is 2. The Bertz CT molecular complexity index is 2470. The van der Waals surface area contributed by atoms with Gasteiger partial charge in [0.2, 0.25) is 0 Å². The molecule has 4 saturated heterocycles. The first-order valence-corrected chi connectivity index (χ1v) is 21.3. The molecule has 4 fully saturated rings. The Labute approximate surface area is 458 Å². The van der Waals surface area contributed by atoms with Crippen LogP contribution in [0.15, 0.2) is 116 Å². The van der Waals surface area contributed by atoms with Crippen LogP contribution in [0.4, 0.5) is 13.2 Å². The molecule has 6 aliphatic heterocycles. The van der Waals surface area contributed by atoms with Crippen LogP contribution in [0.3, 0.4) is 0 Å². The summed E-state index contributed by atoms with van der Waals surface area (Å²) in [6.07, 6.45) is 2.18. The third kappa shape index (κ3) is 11.7. The molecule has 6 aliphatic rings. The van der Waals surface area contributed by atoms with Crippen LogP contribution in [-0.4, -0.2) is 60.0 Å². The molecule has 4 bridgehead atoms. The summed E-state index contributed by atoms with van der Waals surface area (Å²) in [5, 5.41) is 37.8. The summed E-state index contributed by atoms with van der Waals surface area (Å²) in [5.74, 6) is -1.71. The average Bonchev–Trinajstić information content (AvgIpc) is 3.75. The van der Waals surface area contributed by atoms with E-state index in [0.717, 1.165) is 55.4 Å². The Morgan fingerprint density at radius 3 is 1.56 bits per heavy atom. The normalized spacial score (nSPS) is 20.5. The summed E-state index contributed by atoms with van der Waals surface area (Å²) in [6, 6.07) is 33.4. The Morgan fingerprint density at radius 2 is 1.16 bits per heavy atom. The number of halogens is 3. The Morgan fingerprint density at radius 1 is 0.762 bits per heavy atom. The number of nitrogens with one attached hydrogen (secondary N) is 1. The van der Waals surface area contributed by atoms with Crippen molar-refractivity contribution in [3.05, 3.63) is 129 Å². The molecule has 4 aromatic rings. The van der Waals surface area contributed by atoms with Gasteiger partial charge in [0.25, 0.3) is 6.47 Å². The van der Waals surface area contributed by atoms with E-state index in [1.807, 2.05) is 48.5 Å². The van der Waals surface area contributed by atoms with Crippen LogP contribution in [0, 0.1) is 22.7 Å². The van der Waals surface area contributed by atoms with Crippen LogP contribution in [0.5, 0.6) is 0 Å². The van der Waals surface area contributed by atoms with Crippen LogP contribution in [0.1, 0.15) is 86.2 Å². The minimum Gasteiger partial charge on any atom is -1.00 e. The molecule has 2 N–H and O–H groups in total. The number of benzene rings is 4. The summed E-state index contributed by atoms with van der Waals surface area (Å²) < 4.78 is 39.3. The molecule has 316 valence electrons. The summed E-state index contributed by atoms with van der Waals surface area (Å²) in [5.41, 5.74) is 11.3. The summed E-state index contributed by atoms with van der Waals surface area (Å²) >= 11 is 3.40. The predicted molar refractivity (Wildman–Crippen MR) is 222 cm³/mol. The maximum absolute atomic E-state index is 13.1. The van der Waals surface area contributed by atoms with Gasteiger partial charge in [-0.05, 0) is 121 Å². The van der Waals surface area contributed by atoms with Crippen molar-refractivity contribution in [2.24, 2.45) is 0 Å². The number of rotatable bonds is 1. The van der Waals surface area contributed by atoms with Gasteiger partial charge in [0.1, 0.15) is 0 Å². The van der Waals surface area contributed by atoms with Crippen molar-refractivity contribution in [1.82, 2.24) is 10.2 Å². The van der Waals surface area contributed by atoms with Gasteiger partial charge in [-0.2, -0.15) is 23.7 Å². The van der Waals surface area contributed by atoms with Crippen molar-refractivity contribution < 1.29 is 147 Å². The third-order valence-electron chi connectivity index (χ3n) is 11.6. The molecule has 0 saturated carbocycles. The van der Waals surface area contributed by atoms with Crippen molar-refractivity contribution in [3.63, 3.8) is 0 Å². The van der Waals surface area contributed by atoms with E-state index in [4.69, 9.17) is 15.3 Å². The van der Waals surface area contributed by atoms with E-state index in [2.05, 4.69) is 57.6 Å². The third-order valence-corrected chi connectivity index (χ3v) is 13.9. The molecule has 0 spiro atoms. The smallest absolute Gasteiger partial charge is 1.00 e. The fourth-order valence-corrected chi connectivity index (χ4v) is 11.6. The fourth-order valence-electron chi connectivity index (χ4n) is 9.38. The number of nitrogens with zero attached hydrogens (tertiary/aromatic N) is 3. The predicted octanol–water partition coefficient (Wildman–Crippen LogP) is 2.94. The molecular weight excluding hydrogens is 904 g/mol. The number of alkyl halides is 3. The van der Waals surface area contributed by atoms with Crippen LogP contribution in [-0.2, 0) is 19.4 Å². The van der Waals surface area contributed by atoms with E-state index in [9.17, 15) is 28.5 Å². The summed E-state index contributed by atoms with van der Waals surface area (Å²) in [7, 11) is 1.18. The van der Waals surface area contributed by atoms with Gasteiger partial charge in [-0.15, -0.1) is 0 Å². The average molecular weight is 945 g/mol. The number of carbonyl (C=O) groups is 2. The Balaban J connectivity index is 0.000000239. The number of piperidine rings is 2. The minimum absolute atomic E-state index is 0. The van der Waals surface area contributed by atoms with Gasteiger partial charge in [-0.1, -0.05) is 83.2 Å². The Hall–Kier alpha value is -2.12. The first kappa shape index (κ1) is 51.9. The van der Waals surface area contributed by atoms with Gasteiger partial charge < -0.3 is 21.8 Å². The maximum atomic E-state index is 13.1. The van der Waals surface area contributed by atoms with Crippen molar-refractivity contribution >= 4 is 47.0 Å². The number of amides is 1. The first-order chi connectivity index (χ1) is 29.5. The summed E-state index contributed by atoms with van der Waals surface area (Å²) in [6.45, 7) is -0.181. The number of fused-ring (bicyclic) bond motifs is 8. The second-order valence-corrected chi connectivity index (χ2v) is 17.4. The number of hydrogen-bond donors (Lipinski definition) is 2. The molecule has 4 unspecified atom stereocenters. The largest absolute Gasteiger partial charge is 1.00 e. The zero-order chi connectivity index (χ0) is 43.3. The molecule has 10 rings (SSSR count). The summed E-state index contributed by atoms with van der Waals surface area (Å²) in [4.78, 5) is 32.2. The van der Waals surface area contributed by atoms with E-state index >= 15 is 0 Å². The standard InChI is InChI=1S/C23H17F3N2OS.C21H18N2S.CH2O3.CH4O2.2K.H/c24-23(25,26)22(29)28-15-6-7-16(28)11-14(10-15)21-17-3-1-2-4-19(17)30-20-9-13(12-27)5-8-18(20)21;22-12-13-5-8-18-20(9-13)24-19-4-2-1-3-17(19)21(18)14-10-15-6-7-16(11-14)23-15;2-1-4-3;1-3-2;;;/h1-5,8-9,15-16H,6-7,10-11H2;1-5,8-9,15-16,23H,6-7,10-11H2;1,3H;2H,1H3;;;/q;;;;2*+1;-1/p-1. The van der Waals surface area contributed by atoms with Gasteiger partial charge in [0, 0.05) is 43.7 Å². The first-order valence-electron chi connectivity index (χ1n) is 19.6. The fraction of sp³-hybridized carbons (Fsp3) is 0.304. The van der Waals surface area contributed by atoms with Gasteiger partial charge in [-0.3, -0.25) is 14.8 Å².